The molecule has 0 nitrogen and oxygen atoms in total. The van der Waals surface area contributed by atoms with Gasteiger partial charge in [-0.05, 0) is 0 Å². The van der Waals surface area contributed by atoms with Crippen LogP contribution in [0, 0.1) is 0 Å². The maximum absolute atomic E-state index is 3.30. The largest absolute Gasteiger partial charge is 0.147 e. The Hall–Kier alpha value is -5.74. The van der Waals surface area contributed by atoms with Crippen molar-refractivity contribution in [3.05, 3.63) is 257 Å². The van der Waals surface area contributed by atoms with Crippen LogP contribution in [0.4, 0.5) is 0 Å². The minimum atomic E-state index is -3.30. The molecule has 323 valence electrons. The molecule has 10 rings (SSSR count). The molecule has 66 heavy (non-hydrogen) atoms. The van der Waals surface area contributed by atoms with Gasteiger partial charge < -0.3 is 0 Å². The standard InChI is InChI=1S/C61H47Si.3ClH.Ti/c1-2-45-34-21-35-61(45)62(58-39-52(46-22-9-3-10-23-46)36-53(40-58)47-24-11-4-12-25-47,59-41-54(48-26-13-5-14-27-48)37-55(42-59)49-28-15-6-16-29-49)60-43-56(50-30-17-7-18-31-50)38-57(44-60)51-32-19-8-20-33-51;;;;/h3-20,22-33,35-44H,2,21H2,1H3;3*1H;. The Morgan fingerprint density at radius 1 is 0.333 bits per heavy atom. The predicted molar refractivity (Wildman–Crippen MR) is 288 cm³/mol. The number of halogens is 3. The maximum Gasteiger partial charge on any atom is -0.147 e. The van der Waals surface area contributed by atoms with E-state index in [0.29, 0.717) is 0 Å². The van der Waals surface area contributed by atoms with Crippen molar-refractivity contribution < 1.29 is 20.4 Å². The Bertz CT molecular complexity index is 2620. The van der Waals surface area contributed by atoms with Gasteiger partial charge in [-0.2, -0.15) is 0 Å². The molecule has 0 spiro atoms. The summed E-state index contributed by atoms with van der Waals surface area (Å²) in [5.41, 5.74) is 16.2. The van der Waals surface area contributed by atoms with Crippen LogP contribution in [0.15, 0.2) is 257 Å². The van der Waals surface area contributed by atoms with Crippen LogP contribution in [-0.2, 0) is 20.4 Å². The maximum atomic E-state index is 2.62. The third-order valence-corrected chi connectivity index (χ3v) is 18.3. The summed E-state index contributed by atoms with van der Waals surface area (Å²) in [5, 5.41) is 5.63. The van der Waals surface area contributed by atoms with E-state index < -0.39 is 8.07 Å². The average Bonchev–Trinajstić information content (AvgIpc) is 3.75. The predicted octanol–water partition coefficient (Wildman–Crippen LogP) is 15.5. The first kappa shape index (κ1) is 48.2. The fourth-order valence-electron chi connectivity index (χ4n) is 9.68. The van der Waals surface area contributed by atoms with E-state index in [1.165, 1.54) is 97.0 Å². The van der Waals surface area contributed by atoms with E-state index in [1.807, 2.05) is 0 Å². The summed E-state index contributed by atoms with van der Waals surface area (Å²) in [5.74, 6) is 0. The van der Waals surface area contributed by atoms with Crippen LogP contribution in [0.1, 0.15) is 19.8 Å². The van der Waals surface area contributed by atoms with Crippen molar-refractivity contribution in [3.63, 3.8) is 0 Å². The molecule has 5 heteroatoms. The van der Waals surface area contributed by atoms with Crippen LogP contribution in [0.5, 0.6) is 0 Å². The molecular formula is C61H50Cl3SiTi. The van der Waals surface area contributed by atoms with Crippen LogP contribution in [0.3, 0.4) is 0 Å². The van der Waals surface area contributed by atoms with Crippen LogP contribution < -0.4 is 15.6 Å². The molecule has 1 aliphatic rings. The molecular weight excluding hydrogens is 915 g/mol. The Balaban J connectivity index is 0.00000216. The van der Waals surface area contributed by atoms with E-state index in [0.717, 1.165) is 12.8 Å². The van der Waals surface area contributed by atoms with Gasteiger partial charge in [0.15, 0.2) is 0 Å². The summed E-state index contributed by atoms with van der Waals surface area (Å²) in [4.78, 5) is 0. The van der Waals surface area contributed by atoms with E-state index in [9.17, 15) is 0 Å². The van der Waals surface area contributed by atoms with Gasteiger partial charge in [-0.25, -0.2) is 0 Å². The van der Waals surface area contributed by atoms with Gasteiger partial charge in [-0.3, -0.25) is 0 Å². The smallest absolute Gasteiger partial charge is 0.147 e. The number of rotatable bonds is 11. The first-order valence-electron chi connectivity index (χ1n) is 22.0. The van der Waals surface area contributed by atoms with Crippen molar-refractivity contribution in [3.8, 4) is 66.8 Å². The van der Waals surface area contributed by atoms with Crippen LogP contribution in [0.2, 0.25) is 0 Å². The number of hydrogen-bond acceptors (Lipinski definition) is 0. The van der Waals surface area contributed by atoms with Gasteiger partial charge in [0.1, 0.15) is 0 Å². The molecule has 9 aromatic rings. The second-order valence-corrected chi connectivity index (χ2v) is 21.2. The van der Waals surface area contributed by atoms with Crippen molar-refractivity contribution in [1.82, 2.24) is 0 Å². The van der Waals surface area contributed by atoms with Crippen molar-refractivity contribution in [1.29, 1.82) is 0 Å². The van der Waals surface area contributed by atoms with Gasteiger partial charge in [0.05, 0.1) is 0 Å². The molecule has 0 unspecified atom stereocenters. The molecule has 0 heterocycles. The number of benzene rings is 9. The third-order valence-electron chi connectivity index (χ3n) is 12.7. The summed E-state index contributed by atoms with van der Waals surface area (Å²) in [6.07, 6.45) is 4.53. The topological polar surface area (TPSA) is 0 Å². The summed E-state index contributed by atoms with van der Waals surface area (Å²) in [7, 11) is -3.30. The fraction of sp³-hybridized carbons (Fsp3) is 0.0492. The van der Waals surface area contributed by atoms with Crippen LogP contribution in [0.25, 0.3) is 66.8 Å². The zero-order valence-corrected chi connectivity index (χ0v) is 41.7. The first-order chi connectivity index (χ1) is 31.1. The van der Waals surface area contributed by atoms with Gasteiger partial charge in [0, 0.05) is 0 Å². The van der Waals surface area contributed by atoms with E-state index in [-0.39, 0.29) is 37.2 Å². The fourth-order valence-corrected chi connectivity index (χ4v) is 15.9. The first-order valence-corrected chi connectivity index (χ1v) is 24.8. The molecule has 0 saturated carbocycles. The van der Waals surface area contributed by atoms with Gasteiger partial charge in [0.2, 0.25) is 0 Å². The Kier molecular flexibility index (Phi) is 15.9. The summed E-state index contributed by atoms with van der Waals surface area (Å²) >= 11 is 2.36. The molecule has 0 atom stereocenters. The molecule has 0 radical (unpaired) electrons. The van der Waals surface area contributed by atoms with E-state index in [1.54, 1.807) is 0 Å². The molecule has 0 aliphatic heterocycles. The SMILES string of the molecule is CCC1=[C]([Ti])CC=C1[Si](c1cc(-c2ccccc2)cc(-c2ccccc2)c1)(c1cc(-c2ccccc2)cc(-c2ccccc2)c1)c1cc(-c2ccccc2)cc(-c2ccccc2)c1.Cl.Cl.Cl. The quantitative estimate of drug-likeness (QED) is 0.0895. The Morgan fingerprint density at radius 2 is 0.561 bits per heavy atom. The van der Waals surface area contributed by atoms with Crippen LogP contribution >= 0.6 is 37.2 Å². The summed E-state index contributed by atoms with van der Waals surface area (Å²) in [6.45, 7) is 2.36. The summed E-state index contributed by atoms with van der Waals surface area (Å²) < 4.78 is 1.47. The van der Waals surface area contributed by atoms with Gasteiger partial charge in [-0.1, -0.05) is 0 Å². The van der Waals surface area contributed by atoms with E-state index in [2.05, 4.69) is 270 Å². The van der Waals surface area contributed by atoms with Crippen LogP contribution in [-0.4, -0.2) is 8.07 Å². The second-order valence-electron chi connectivity index (χ2n) is 16.5. The summed E-state index contributed by atoms with van der Waals surface area (Å²) in [6, 6.07) is 88.5. The molecule has 0 aromatic heterocycles. The minimum absolute atomic E-state index is 0. The molecule has 9 aromatic carbocycles. The molecule has 0 bridgehead atoms. The van der Waals surface area contributed by atoms with Gasteiger partial charge in [-0.15, -0.1) is 37.2 Å². The van der Waals surface area contributed by atoms with Gasteiger partial charge in [0.25, 0.3) is 0 Å². The number of hydrogen-bond donors (Lipinski definition) is 0. The van der Waals surface area contributed by atoms with Crippen molar-refractivity contribution in [2.45, 2.75) is 19.8 Å². The molecule has 0 N–H and O–H groups in total. The monoisotopic (exact) mass is 963 g/mol. The normalized spacial score (nSPS) is 12.0. The van der Waals surface area contributed by atoms with E-state index >= 15 is 0 Å². The molecule has 0 fully saturated rings. The zero-order chi connectivity index (χ0) is 42.6. The zero-order valence-electron chi connectivity index (χ0n) is 36.7. The number of allylic oxidation sites excluding steroid dienone is 4. The molecule has 0 amide bonds. The average molecular weight is 965 g/mol. The Labute approximate surface area is 421 Å². The second kappa shape index (κ2) is 21.7. The van der Waals surface area contributed by atoms with Crippen molar-refractivity contribution in [2.24, 2.45) is 0 Å². The van der Waals surface area contributed by atoms with Crippen molar-refractivity contribution in [2.75, 3.05) is 0 Å². The van der Waals surface area contributed by atoms with Gasteiger partial charge >= 0.3 is 388 Å². The molecule has 0 saturated heterocycles. The third kappa shape index (κ3) is 9.57. The Morgan fingerprint density at radius 3 is 0.773 bits per heavy atom. The molecule has 1 aliphatic carbocycles. The minimum Gasteiger partial charge on any atom is -0.147 e. The van der Waals surface area contributed by atoms with E-state index in [4.69, 9.17) is 0 Å². The van der Waals surface area contributed by atoms with Crippen molar-refractivity contribution >= 4 is 60.9 Å².